The lowest BCUT2D eigenvalue weighted by atomic mass is 9.93. The van der Waals surface area contributed by atoms with E-state index in [0.717, 1.165) is 82.0 Å². The van der Waals surface area contributed by atoms with Gasteiger partial charge in [0.25, 0.3) is 11.8 Å². The summed E-state index contributed by atoms with van der Waals surface area (Å²) < 4.78 is 0. The molecule has 3 rings (SSSR count). The van der Waals surface area contributed by atoms with Crippen molar-refractivity contribution in [2.24, 2.45) is 5.73 Å². The van der Waals surface area contributed by atoms with Crippen LogP contribution in [0.15, 0.2) is 30.3 Å². The Morgan fingerprint density at radius 3 is 1.86 bits per heavy atom. The van der Waals surface area contributed by atoms with Gasteiger partial charge in [0.05, 0.1) is 5.56 Å². The Bertz CT molecular complexity index is 917. The molecule has 0 saturated heterocycles. The van der Waals surface area contributed by atoms with Crippen LogP contribution in [0, 0.1) is 0 Å². The summed E-state index contributed by atoms with van der Waals surface area (Å²) in [5.41, 5.74) is 13.1. The summed E-state index contributed by atoms with van der Waals surface area (Å²) in [5, 5.41) is 8.44. The van der Waals surface area contributed by atoms with Crippen LogP contribution in [0.3, 0.4) is 0 Å². The molecule has 35 heavy (non-hydrogen) atoms. The maximum atomic E-state index is 12.9. The molecule has 200 valence electrons. The Morgan fingerprint density at radius 2 is 1.26 bits per heavy atom. The summed E-state index contributed by atoms with van der Waals surface area (Å²) in [5.74, 6) is -0.451. The van der Waals surface area contributed by atoms with E-state index < -0.39 is 0 Å². The van der Waals surface area contributed by atoms with E-state index in [9.17, 15) is 9.59 Å². The van der Waals surface area contributed by atoms with Crippen molar-refractivity contribution in [2.45, 2.75) is 38.5 Å². The number of nitrogen functional groups attached to an aromatic ring is 1. The topological polar surface area (TPSA) is 113 Å². The van der Waals surface area contributed by atoms with Crippen molar-refractivity contribution in [1.82, 2.24) is 15.5 Å². The van der Waals surface area contributed by atoms with Crippen LogP contribution < -0.4 is 22.1 Å². The van der Waals surface area contributed by atoms with Gasteiger partial charge in [-0.05, 0) is 94.8 Å². The second-order valence-electron chi connectivity index (χ2n) is 8.14. The zero-order valence-electron chi connectivity index (χ0n) is 19.9. The van der Waals surface area contributed by atoms with Crippen molar-refractivity contribution in [3.8, 4) is 0 Å². The van der Waals surface area contributed by atoms with Gasteiger partial charge in [0.2, 0.25) is 0 Å². The van der Waals surface area contributed by atoms with Crippen molar-refractivity contribution in [3.05, 3.63) is 41.5 Å². The van der Waals surface area contributed by atoms with Crippen molar-refractivity contribution in [2.75, 3.05) is 45.0 Å². The molecule has 6 N–H and O–H groups in total. The van der Waals surface area contributed by atoms with Crippen LogP contribution in [0.1, 0.15) is 59.2 Å². The van der Waals surface area contributed by atoms with E-state index in [2.05, 4.69) is 10.6 Å². The Morgan fingerprint density at radius 1 is 0.714 bits per heavy atom. The molecule has 0 aliphatic carbocycles. The number of nitrogens with two attached hydrogens (primary N) is 2. The van der Waals surface area contributed by atoms with Crippen molar-refractivity contribution >= 4 is 77.9 Å². The highest BCUT2D eigenvalue weighted by Gasteiger charge is 2.32. The number of imide groups is 1. The standard InChI is InChI=1S/C24H35N5O2.4ClH/c25-10-1-2-11-27-12-3-4-13-28-14-5-6-15-29-23(30)20-9-7-8-18-16-19(26)17-21(22(18)20)24(29)31;;;;/h7-9,16-17,27-28H,1-6,10-15,25-26H2;4*1H. The lowest BCUT2D eigenvalue weighted by Gasteiger charge is -2.27. The summed E-state index contributed by atoms with van der Waals surface area (Å²) in [4.78, 5) is 27.2. The number of nitrogens with one attached hydrogen (secondary N) is 2. The van der Waals surface area contributed by atoms with Gasteiger partial charge in [-0.2, -0.15) is 0 Å². The molecule has 0 spiro atoms. The molecule has 0 aromatic heterocycles. The summed E-state index contributed by atoms with van der Waals surface area (Å²) in [7, 11) is 0. The zero-order valence-corrected chi connectivity index (χ0v) is 23.2. The van der Waals surface area contributed by atoms with E-state index in [1.54, 1.807) is 12.1 Å². The predicted molar refractivity (Wildman–Crippen MR) is 155 cm³/mol. The number of nitrogens with zero attached hydrogens (tertiary/aromatic N) is 1. The highest BCUT2D eigenvalue weighted by molar-refractivity contribution is 6.25. The minimum atomic E-state index is -0.243. The molecule has 0 saturated carbocycles. The SMILES string of the molecule is Cl.Cl.Cl.Cl.NCCCCNCCCCNCCCCN1C(=O)c2cccc3cc(N)cc(c23)C1=O. The van der Waals surface area contributed by atoms with Gasteiger partial charge >= 0.3 is 0 Å². The maximum Gasteiger partial charge on any atom is 0.261 e. The van der Waals surface area contributed by atoms with Gasteiger partial charge in [-0.25, -0.2) is 0 Å². The van der Waals surface area contributed by atoms with Crippen molar-refractivity contribution in [1.29, 1.82) is 0 Å². The Balaban J connectivity index is 0. The third kappa shape index (κ3) is 9.92. The number of amides is 2. The molecule has 0 unspecified atom stereocenters. The van der Waals surface area contributed by atoms with Gasteiger partial charge in [0, 0.05) is 23.2 Å². The molecule has 0 radical (unpaired) electrons. The van der Waals surface area contributed by atoms with E-state index in [4.69, 9.17) is 11.5 Å². The molecule has 2 aromatic carbocycles. The van der Waals surface area contributed by atoms with Gasteiger partial charge in [-0.1, -0.05) is 12.1 Å². The molecule has 11 heteroatoms. The highest BCUT2D eigenvalue weighted by Crippen LogP contribution is 2.32. The number of anilines is 1. The molecule has 2 aromatic rings. The second-order valence-corrected chi connectivity index (χ2v) is 8.14. The molecular formula is C24H39Cl4N5O2. The van der Waals surface area contributed by atoms with Crippen LogP contribution in [0.5, 0.6) is 0 Å². The molecule has 1 aliphatic heterocycles. The van der Waals surface area contributed by atoms with Gasteiger partial charge < -0.3 is 22.1 Å². The molecule has 0 bridgehead atoms. The maximum absolute atomic E-state index is 12.9. The van der Waals surface area contributed by atoms with E-state index in [1.165, 1.54) is 4.90 Å². The van der Waals surface area contributed by atoms with Crippen LogP contribution in [0.25, 0.3) is 10.8 Å². The first kappa shape index (κ1) is 35.8. The molecule has 0 atom stereocenters. The number of carbonyl (C=O) groups excluding carboxylic acids is 2. The number of hydrogen-bond acceptors (Lipinski definition) is 6. The summed E-state index contributed by atoms with van der Waals surface area (Å²) in [6.45, 7) is 5.16. The summed E-state index contributed by atoms with van der Waals surface area (Å²) in [6.07, 6.45) is 6.21. The third-order valence-corrected chi connectivity index (χ3v) is 5.70. The monoisotopic (exact) mass is 569 g/mol. The number of unbranched alkanes of at least 4 members (excludes halogenated alkanes) is 3. The smallest absolute Gasteiger partial charge is 0.261 e. The van der Waals surface area contributed by atoms with Crippen LogP contribution in [-0.4, -0.2) is 56.0 Å². The highest BCUT2D eigenvalue weighted by atomic mass is 35.5. The number of rotatable bonds is 14. The Labute approximate surface area is 233 Å². The minimum absolute atomic E-state index is 0. The van der Waals surface area contributed by atoms with Crippen LogP contribution >= 0.6 is 49.6 Å². The van der Waals surface area contributed by atoms with Gasteiger partial charge in [0.1, 0.15) is 0 Å². The lowest BCUT2D eigenvalue weighted by Crippen LogP contribution is -2.41. The van der Waals surface area contributed by atoms with E-state index in [-0.39, 0.29) is 61.4 Å². The van der Waals surface area contributed by atoms with Crippen LogP contribution in [-0.2, 0) is 0 Å². The molecule has 7 nitrogen and oxygen atoms in total. The number of hydrogen-bond donors (Lipinski definition) is 4. The quantitative estimate of drug-likeness (QED) is 0.154. The molecule has 0 fully saturated rings. The van der Waals surface area contributed by atoms with Gasteiger partial charge in [-0.3, -0.25) is 14.5 Å². The van der Waals surface area contributed by atoms with Crippen molar-refractivity contribution < 1.29 is 9.59 Å². The predicted octanol–water partition coefficient (Wildman–Crippen LogP) is 4.18. The average Bonchev–Trinajstić information content (AvgIpc) is 2.76. The van der Waals surface area contributed by atoms with Crippen molar-refractivity contribution in [3.63, 3.8) is 0 Å². The number of benzene rings is 2. The fourth-order valence-electron chi connectivity index (χ4n) is 4.05. The normalized spacial score (nSPS) is 11.9. The van der Waals surface area contributed by atoms with E-state index >= 15 is 0 Å². The van der Waals surface area contributed by atoms with E-state index in [0.29, 0.717) is 23.4 Å². The fourth-order valence-corrected chi connectivity index (χ4v) is 4.05. The molecular weight excluding hydrogens is 532 g/mol. The van der Waals surface area contributed by atoms with Gasteiger partial charge in [-0.15, -0.1) is 49.6 Å². The fraction of sp³-hybridized carbons (Fsp3) is 0.500. The first-order chi connectivity index (χ1) is 15.1. The largest absolute Gasteiger partial charge is 0.399 e. The average molecular weight is 571 g/mol. The minimum Gasteiger partial charge on any atom is -0.399 e. The Kier molecular flexibility index (Phi) is 19.3. The molecule has 2 amide bonds. The zero-order chi connectivity index (χ0) is 22.1. The number of halogens is 4. The second kappa shape index (κ2) is 18.9. The summed E-state index contributed by atoms with van der Waals surface area (Å²) >= 11 is 0. The lowest BCUT2D eigenvalue weighted by molar-refractivity contribution is 0.0608. The first-order valence-corrected chi connectivity index (χ1v) is 11.4. The summed E-state index contributed by atoms with van der Waals surface area (Å²) in [6, 6.07) is 9.01. The third-order valence-electron chi connectivity index (χ3n) is 5.70. The van der Waals surface area contributed by atoms with Crippen LogP contribution in [0.2, 0.25) is 0 Å². The van der Waals surface area contributed by atoms with E-state index in [1.807, 2.05) is 18.2 Å². The number of carbonyl (C=O) groups is 2. The molecule has 1 aliphatic rings. The Hall–Kier alpha value is -1.32. The molecule has 1 heterocycles. The van der Waals surface area contributed by atoms with Gasteiger partial charge in [0.15, 0.2) is 0 Å². The van der Waals surface area contributed by atoms with Crippen LogP contribution in [0.4, 0.5) is 5.69 Å². The first-order valence-electron chi connectivity index (χ1n) is 11.4.